The van der Waals surface area contributed by atoms with E-state index in [0.29, 0.717) is 23.8 Å². The quantitative estimate of drug-likeness (QED) is 0.597. The molecule has 23 heavy (non-hydrogen) atoms. The molecule has 2 rings (SSSR count). The summed E-state index contributed by atoms with van der Waals surface area (Å²) in [4.78, 5) is 31.0. The van der Waals surface area contributed by atoms with Crippen molar-refractivity contribution in [1.29, 1.82) is 0 Å². The van der Waals surface area contributed by atoms with Gasteiger partial charge in [-0.05, 0) is 39.3 Å². The third kappa shape index (κ3) is 5.07. The van der Waals surface area contributed by atoms with Crippen LogP contribution in [-0.4, -0.2) is 51.8 Å². The highest BCUT2D eigenvalue weighted by molar-refractivity contribution is 8.00. The summed E-state index contributed by atoms with van der Waals surface area (Å²) in [6.45, 7) is 7.63. The van der Waals surface area contributed by atoms with Crippen LogP contribution in [-0.2, 0) is 11.8 Å². The Labute approximate surface area is 141 Å². The van der Waals surface area contributed by atoms with Gasteiger partial charge in [-0.2, -0.15) is 0 Å². The third-order valence-electron chi connectivity index (χ3n) is 4.06. The molecular weight excluding hydrogens is 312 g/mol. The molecule has 1 aliphatic heterocycles. The molecule has 1 N–H and O–H groups in total. The number of aryl methyl sites for hydroxylation is 1. The van der Waals surface area contributed by atoms with Gasteiger partial charge in [0.25, 0.3) is 5.56 Å². The van der Waals surface area contributed by atoms with Crippen molar-refractivity contribution in [3.8, 4) is 0 Å². The molecule has 0 aliphatic carbocycles. The fourth-order valence-electron chi connectivity index (χ4n) is 2.64. The standard InChI is InChI=1S/C16H26N4O2S/c1-4-13(15(22)17-7-10-20-8-5-6-9-20)23-16-18-12(2)11-14(21)19(16)3/h11,13H,4-10H2,1-3H3,(H,17,22). The van der Waals surface area contributed by atoms with Crippen LogP contribution in [0, 0.1) is 6.92 Å². The summed E-state index contributed by atoms with van der Waals surface area (Å²) in [7, 11) is 1.69. The molecule has 0 aromatic carbocycles. The van der Waals surface area contributed by atoms with Gasteiger partial charge < -0.3 is 10.2 Å². The van der Waals surface area contributed by atoms with Gasteiger partial charge in [0.15, 0.2) is 5.16 Å². The Morgan fingerprint density at radius 3 is 2.78 bits per heavy atom. The third-order valence-corrected chi connectivity index (χ3v) is 5.47. The van der Waals surface area contributed by atoms with E-state index >= 15 is 0 Å². The van der Waals surface area contributed by atoms with E-state index < -0.39 is 0 Å². The molecular formula is C16H26N4O2S. The van der Waals surface area contributed by atoms with Crippen LogP contribution in [0.15, 0.2) is 16.0 Å². The van der Waals surface area contributed by atoms with Crippen LogP contribution in [0.4, 0.5) is 0 Å². The van der Waals surface area contributed by atoms with Gasteiger partial charge in [0.1, 0.15) is 0 Å². The van der Waals surface area contributed by atoms with Crippen LogP contribution in [0.25, 0.3) is 0 Å². The summed E-state index contributed by atoms with van der Waals surface area (Å²) in [6.07, 6.45) is 3.22. The Morgan fingerprint density at radius 1 is 1.43 bits per heavy atom. The van der Waals surface area contributed by atoms with Crippen LogP contribution in [0.1, 0.15) is 31.9 Å². The number of rotatable bonds is 7. The number of nitrogens with zero attached hydrogens (tertiary/aromatic N) is 3. The van der Waals surface area contributed by atoms with Crippen molar-refractivity contribution in [1.82, 2.24) is 19.8 Å². The van der Waals surface area contributed by atoms with Gasteiger partial charge in [-0.25, -0.2) is 4.98 Å². The molecule has 0 saturated carbocycles. The minimum Gasteiger partial charge on any atom is -0.354 e. The SMILES string of the molecule is CCC(Sc1nc(C)cc(=O)n1C)C(=O)NCCN1CCCC1. The molecule has 7 heteroatoms. The molecule has 1 amide bonds. The topological polar surface area (TPSA) is 67.2 Å². The lowest BCUT2D eigenvalue weighted by Gasteiger charge is -2.18. The van der Waals surface area contributed by atoms with Crippen LogP contribution in [0.5, 0.6) is 0 Å². The first-order valence-corrected chi connectivity index (χ1v) is 9.10. The number of hydrogen-bond acceptors (Lipinski definition) is 5. The van der Waals surface area contributed by atoms with Crippen LogP contribution < -0.4 is 10.9 Å². The molecule has 1 unspecified atom stereocenters. The first-order chi connectivity index (χ1) is 11.0. The van der Waals surface area contributed by atoms with E-state index in [2.05, 4.69) is 15.2 Å². The zero-order valence-corrected chi connectivity index (χ0v) is 15.0. The van der Waals surface area contributed by atoms with Crippen LogP contribution in [0.3, 0.4) is 0 Å². The molecule has 1 aliphatic rings. The maximum Gasteiger partial charge on any atom is 0.254 e. The molecule has 1 aromatic rings. The van der Waals surface area contributed by atoms with E-state index in [4.69, 9.17) is 0 Å². The summed E-state index contributed by atoms with van der Waals surface area (Å²) >= 11 is 1.36. The Kier molecular flexibility index (Phi) is 6.65. The highest BCUT2D eigenvalue weighted by Crippen LogP contribution is 2.22. The second-order valence-corrected chi connectivity index (χ2v) is 7.10. The molecule has 0 bridgehead atoms. The lowest BCUT2D eigenvalue weighted by molar-refractivity contribution is -0.120. The molecule has 1 aromatic heterocycles. The van der Waals surface area contributed by atoms with Gasteiger partial charge in [-0.1, -0.05) is 18.7 Å². The zero-order valence-electron chi connectivity index (χ0n) is 14.2. The van der Waals surface area contributed by atoms with Crippen molar-refractivity contribution >= 4 is 17.7 Å². The fraction of sp³-hybridized carbons (Fsp3) is 0.688. The highest BCUT2D eigenvalue weighted by Gasteiger charge is 2.20. The Morgan fingerprint density at radius 2 is 2.13 bits per heavy atom. The molecule has 0 spiro atoms. The minimum absolute atomic E-state index is 0.0208. The predicted molar refractivity (Wildman–Crippen MR) is 92.8 cm³/mol. The van der Waals surface area contributed by atoms with E-state index in [1.807, 2.05) is 6.92 Å². The summed E-state index contributed by atoms with van der Waals surface area (Å²) in [5.74, 6) is 0.0208. The Hall–Kier alpha value is -1.34. The van der Waals surface area contributed by atoms with Crippen LogP contribution in [0.2, 0.25) is 0 Å². The Balaban J connectivity index is 1.91. The van der Waals surface area contributed by atoms with Crippen molar-refractivity contribution in [2.75, 3.05) is 26.2 Å². The molecule has 1 fully saturated rings. The largest absolute Gasteiger partial charge is 0.354 e. The average molecular weight is 338 g/mol. The van der Waals surface area contributed by atoms with Gasteiger partial charge in [0.2, 0.25) is 5.91 Å². The minimum atomic E-state index is -0.228. The number of aromatic nitrogens is 2. The smallest absolute Gasteiger partial charge is 0.254 e. The van der Waals surface area contributed by atoms with Gasteiger partial charge in [0, 0.05) is 31.9 Å². The molecule has 0 radical (unpaired) electrons. The molecule has 1 atom stereocenters. The molecule has 1 saturated heterocycles. The maximum atomic E-state index is 12.4. The molecule has 6 nitrogen and oxygen atoms in total. The van der Waals surface area contributed by atoms with E-state index in [-0.39, 0.29) is 16.7 Å². The number of amides is 1. The zero-order chi connectivity index (χ0) is 16.8. The van der Waals surface area contributed by atoms with Gasteiger partial charge in [0.05, 0.1) is 5.25 Å². The summed E-state index contributed by atoms with van der Waals surface area (Å²) < 4.78 is 1.50. The lowest BCUT2D eigenvalue weighted by Crippen LogP contribution is -2.38. The summed E-state index contributed by atoms with van der Waals surface area (Å²) in [5.41, 5.74) is 0.587. The van der Waals surface area contributed by atoms with Crippen molar-refractivity contribution in [3.63, 3.8) is 0 Å². The van der Waals surface area contributed by atoms with Crippen LogP contribution >= 0.6 is 11.8 Å². The van der Waals surface area contributed by atoms with Crippen molar-refractivity contribution in [2.24, 2.45) is 7.05 Å². The van der Waals surface area contributed by atoms with Gasteiger partial charge >= 0.3 is 0 Å². The maximum absolute atomic E-state index is 12.4. The van der Waals surface area contributed by atoms with Gasteiger partial charge in [-0.15, -0.1) is 0 Å². The lowest BCUT2D eigenvalue weighted by atomic mass is 10.3. The molecule has 128 valence electrons. The number of nitrogens with one attached hydrogen (secondary N) is 1. The second-order valence-electron chi connectivity index (χ2n) is 5.93. The first-order valence-electron chi connectivity index (χ1n) is 8.22. The van der Waals surface area contributed by atoms with E-state index in [1.165, 1.54) is 35.2 Å². The predicted octanol–water partition coefficient (Wildman–Crippen LogP) is 1.17. The van der Waals surface area contributed by atoms with Crippen molar-refractivity contribution < 1.29 is 4.79 Å². The number of carbonyl (C=O) groups is 1. The Bertz CT molecular complexity index is 596. The van der Waals surface area contributed by atoms with E-state index in [0.717, 1.165) is 19.6 Å². The fourth-order valence-corrected chi connectivity index (χ4v) is 3.70. The van der Waals surface area contributed by atoms with E-state index in [1.54, 1.807) is 14.0 Å². The second kappa shape index (κ2) is 8.49. The summed E-state index contributed by atoms with van der Waals surface area (Å²) in [5, 5.41) is 3.38. The number of carbonyl (C=O) groups excluding carboxylic acids is 1. The number of likely N-dealkylation sites (tertiary alicyclic amines) is 1. The van der Waals surface area contributed by atoms with Crippen molar-refractivity contribution in [2.45, 2.75) is 43.5 Å². The number of hydrogen-bond donors (Lipinski definition) is 1. The van der Waals surface area contributed by atoms with E-state index in [9.17, 15) is 9.59 Å². The van der Waals surface area contributed by atoms with Gasteiger partial charge in [-0.3, -0.25) is 14.2 Å². The summed E-state index contributed by atoms with van der Waals surface area (Å²) in [6, 6.07) is 1.50. The molecule has 2 heterocycles. The average Bonchev–Trinajstić information content (AvgIpc) is 3.02. The highest BCUT2D eigenvalue weighted by atomic mass is 32.2. The number of thioether (sulfide) groups is 1. The monoisotopic (exact) mass is 338 g/mol. The van der Waals surface area contributed by atoms with Crippen molar-refractivity contribution in [3.05, 3.63) is 22.1 Å². The normalized spacial score (nSPS) is 16.5. The first kappa shape index (κ1) is 18.0.